The highest BCUT2D eigenvalue weighted by Crippen LogP contribution is 2.26. The number of hydrogen-bond donors (Lipinski definition) is 1. The minimum absolute atomic E-state index is 0.275. The lowest BCUT2D eigenvalue weighted by Gasteiger charge is -2.09. The number of benzene rings is 1. The topological polar surface area (TPSA) is 43.3 Å². The van der Waals surface area contributed by atoms with Crippen LogP contribution in [0.4, 0.5) is 13.2 Å². The monoisotopic (exact) mass is 258 g/mol. The second kappa shape index (κ2) is 4.25. The fourth-order valence-electron chi connectivity index (χ4n) is 1.58. The lowest BCUT2D eigenvalue weighted by atomic mass is 10.2. The molecule has 0 atom stereocenters. The van der Waals surface area contributed by atoms with E-state index in [2.05, 4.69) is 10.2 Å². The van der Waals surface area contributed by atoms with Crippen LogP contribution in [0, 0.1) is 0 Å². The highest BCUT2D eigenvalue weighted by molar-refractivity contribution is 5.87. The summed E-state index contributed by atoms with van der Waals surface area (Å²) in [4.78, 5) is 10.9. The molecule has 0 bridgehead atoms. The van der Waals surface area contributed by atoms with Gasteiger partial charge in [0, 0.05) is 18.5 Å². The Bertz CT molecular complexity index is 589. The Morgan fingerprint density at radius 1 is 1.33 bits per heavy atom. The maximum absolute atomic E-state index is 12.0. The zero-order valence-electron chi connectivity index (χ0n) is 9.28. The molecule has 0 aliphatic carbocycles. The summed E-state index contributed by atoms with van der Waals surface area (Å²) < 4.78 is 41.3. The molecule has 4 nitrogen and oxygen atoms in total. The van der Waals surface area contributed by atoms with Gasteiger partial charge < -0.3 is 4.74 Å². The molecule has 1 N–H and O–H groups in total. The fraction of sp³-hybridized carbons (Fsp3) is 0.182. The molecule has 1 amide bonds. The van der Waals surface area contributed by atoms with Crippen LogP contribution < -0.4 is 10.2 Å². The molecule has 2 rings (SSSR count). The first-order chi connectivity index (χ1) is 8.35. The van der Waals surface area contributed by atoms with Crippen LogP contribution in [-0.4, -0.2) is 16.9 Å². The number of amides is 1. The van der Waals surface area contributed by atoms with Crippen LogP contribution in [0.1, 0.15) is 6.92 Å². The number of halogens is 3. The zero-order valence-corrected chi connectivity index (χ0v) is 9.28. The summed E-state index contributed by atoms with van der Waals surface area (Å²) in [6, 6.07) is 5.45. The molecule has 7 heteroatoms. The average Bonchev–Trinajstić information content (AvgIpc) is 2.57. The number of carbonyl (C=O) groups is 1. The summed E-state index contributed by atoms with van der Waals surface area (Å²) in [5.74, 6) is -0.571. The van der Waals surface area contributed by atoms with Gasteiger partial charge in [0.15, 0.2) is 0 Å². The number of hydrogen-bond acceptors (Lipinski definition) is 2. The largest absolute Gasteiger partial charge is 0.573 e. The molecule has 0 aliphatic rings. The Balaban J connectivity index is 2.33. The Kier molecular flexibility index (Phi) is 2.90. The van der Waals surface area contributed by atoms with E-state index in [0.29, 0.717) is 10.9 Å². The molecule has 0 saturated carbocycles. The smallest absolute Gasteiger partial charge is 0.406 e. The summed E-state index contributed by atoms with van der Waals surface area (Å²) in [5.41, 5.74) is 3.09. The van der Waals surface area contributed by atoms with E-state index in [1.54, 1.807) is 12.3 Å². The van der Waals surface area contributed by atoms with E-state index in [1.807, 2.05) is 0 Å². The first-order valence-electron chi connectivity index (χ1n) is 4.99. The maximum Gasteiger partial charge on any atom is 0.573 e. The first kappa shape index (κ1) is 12.3. The lowest BCUT2D eigenvalue weighted by Crippen LogP contribution is -2.18. The molecule has 0 unspecified atom stereocenters. The van der Waals surface area contributed by atoms with Crippen molar-refractivity contribution < 1.29 is 22.7 Å². The van der Waals surface area contributed by atoms with Crippen LogP contribution in [0.5, 0.6) is 5.75 Å². The summed E-state index contributed by atoms with van der Waals surface area (Å²) in [6.45, 7) is 1.34. The summed E-state index contributed by atoms with van der Waals surface area (Å²) in [6.07, 6.45) is -3.17. The number of rotatable bonds is 2. The van der Waals surface area contributed by atoms with Crippen LogP contribution in [0.2, 0.25) is 0 Å². The number of ether oxygens (including phenoxy) is 1. The molecule has 0 radical (unpaired) electrons. The van der Waals surface area contributed by atoms with Crippen molar-refractivity contribution in [3.05, 3.63) is 30.5 Å². The molecule has 0 saturated heterocycles. The Morgan fingerprint density at radius 2 is 2.06 bits per heavy atom. The Labute approximate surface area is 99.9 Å². The van der Waals surface area contributed by atoms with Gasteiger partial charge in [-0.3, -0.25) is 14.9 Å². The predicted octanol–water partition coefficient (Wildman–Crippen LogP) is 2.63. The lowest BCUT2D eigenvalue weighted by molar-refractivity contribution is -0.274. The molecule has 0 spiro atoms. The van der Waals surface area contributed by atoms with Gasteiger partial charge in [-0.05, 0) is 24.3 Å². The third kappa shape index (κ3) is 2.73. The number of carbonyl (C=O) groups excluding carboxylic acids is 1. The molecular formula is C11H9F3N2O2. The molecule has 1 heterocycles. The highest BCUT2D eigenvalue weighted by Gasteiger charge is 2.31. The number of alkyl halides is 3. The van der Waals surface area contributed by atoms with E-state index in [-0.39, 0.29) is 11.7 Å². The minimum Gasteiger partial charge on any atom is -0.406 e. The van der Waals surface area contributed by atoms with E-state index in [1.165, 1.54) is 29.8 Å². The van der Waals surface area contributed by atoms with E-state index in [4.69, 9.17) is 0 Å². The SMILES string of the molecule is CC(=O)Nn1ccc2cc(OC(F)(F)F)ccc21. The van der Waals surface area contributed by atoms with Crippen molar-refractivity contribution in [3.8, 4) is 5.75 Å². The number of nitrogens with one attached hydrogen (secondary N) is 1. The normalized spacial score (nSPS) is 11.6. The standard InChI is InChI=1S/C11H9F3N2O2/c1-7(17)15-16-5-4-8-6-9(2-3-10(8)16)18-11(12,13)14/h2-6H,1H3,(H,15,17). The van der Waals surface area contributed by atoms with Crippen molar-refractivity contribution in [2.75, 3.05) is 5.43 Å². The second-order valence-electron chi connectivity index (χ2n) is 3.62. The van der Waals surface area contributed by atoms with E-state index < -0.39 is 6.36 Å². The van der Waals surface area contributed by atoms with E-state index >= 15 is 0 Å². The third-order valence-corrected chi connectivity index (χ3v) is 2.17. The molecule has 1 aromatic carbocycles. The van der Waals surface area contributed by atoms with Gasteiger partial charge in [0.05, 0.1) is 5.52 Å². The fourth-order valence-corrected chi connectivity index (χ4v) is 1.58. The number of fused-ring (bicyclic) bond motifs is 1. The quantitative estimate of drug-likeness (QED) is 0.899. The molecule has 0 fully saturated rings. The maximum atomic E-state index is 12.0. The van der Waals surface area contributed by atoms with Crippen molar-refractivity contribution in [1.82, 2.24) is 4.68 Å². The van der Waals surface area contributed by atoms with Crippen LogP contribution in [0.3, 0.4) is 0 Å². The van der Waals surface area contributed by atoms with Gasteiger partial charge >= 0.3 is 6.36 Å². The Hall–Kier alpha value is -2.18. The molecule has 0 aliphatic heterocycles. The second-order valence-corrected chi connectivity index (χ2v) is 3.62. The van der Waals surface area contributed by atoms with Crippen molar-refractivity contribution >= 4 is 16.8 Å². The molecular weight excluding hydrogens is 249 g/mol. The van der Waals surface area contributed by atoms with Gasteiger partial charge in [-0.25, -0.2) is 0 Å². The average molecular weight is 258 g/mol. The van der Waals surface area contributed by atoms with Crippen LogP contribution in [-0.2, 0) is 4.79 Å². The predicted molar refractivity (Wildman–Crippen MR) is 58.7 cm³/mol. The third-order valence-electron chi connectivity index (χ3n) is 2.17. The van der Waals surface area contributed by atoms with Crippen molar-refractivity contribution in [1.29, 1.82) is 0 Å². The van der Waals surface area contributed by atoms with E-state index in [9.17, 15) is 18.0 Å². The molecule has 96 valence electrons. The van der Waals surface area contributed by atoms with Crippen molar-refractivity contribution in [3.63, 3.8) is 0 Å². The van der Waals surface area contributed by atoms with Crippen molar-refractivity contribution in [2.45, 2.75) is 13.3 Å². The zero-order chi connectivity index (χ0) is 13.3. The van der Waals surface area contributed by atoms with Gasteiger partial charge in [-0.1, -0.05) is 0 Å². The Morgan fingerprint density at radius 3 is 2.67 bits per heavy atom. The van der Waals surface area contributed by atoms with Gasteiger partial charge in [0.2, 0.25) is 5.91 Å². The van der Waals surface area contributed by atoms with Gasteiger partial charge in [-0.15, -0.1) is 13.2 Å². The number of nitrogens with zero attached hydrogens (tertiary/aromatic N) is 1. The van der Waals surface area contributed by atoms with Crippen molar-refractivity contribution in [2.24, 2.45) is 0 Å². The minimum atomic E-state index is -4.71. The summed E-state index contributed by atoms with van der Waals surface area (Å²) in [5, 5.41) is 0.533. The van der Waals surface area contributed by atoms with Gasteiger partial charge in [-0.2, -0.15) is 0 Å². The molecule has 1 aromatic heterocycles. The first-order valence-corrected chi connectivity index (χ1v) is 4.99. The molecule has 2 aromatic rings. The van der Waals surface area contributed by atoms with E-state index in [0.717, 1.165) is 0 Å². The number of aromatic nitrogens is 1. The van der Waals surface area contributed by atoms with Gasteiger partial charge in [0.25, 0.3) is 0 Å². The summed E-state index contributed by atoms with van der Waals surface area (Å²) in [7, 11) is 0. The van der Waals surface area contributed by atoms with Crippen LogP contribution in [0.15, 0.2) is 30.5 Å². The molecule has 18 heavy (non-hydrogen) atoms. The van der Waals surface area contributed by atoms with Gasteiger partial charge in [0.1, 0.15) is 5.75 Å². The van der Waals surface area contributed by atoms with Crippen LogP contribution >= 0.6 is 0 Å². The highest BCUT2D eigenvalue weighted by atomic mass is 19.4. The van der Waals surface area contributed by atoms with Crippen LogP contribution in [0.25, 0.3) is 10.9 Å². The summed E-state index contributed by atoms with van der Waals surface area (Å²) >= 11 is 0.